The number of halogens is 1. The smallest absolute Gasteiger partial charge is 0.162 e. The van der Waals surface area contributed by atoms with Gasteiger partial charge in [0.05, 0.1) is 13.2 Å². The van der Waals surface area contributed by atoms with Gasteiger partial charge in [0.1, 0.15) is 0 Å². The minimum Gasteiger partial charge on any atom is -0.396 e. The van der Waals surface area contributed by atoms with Crippen LogP contribution >= 0.6 is 15.9 Å². The lowest BCUT2D eigenvalue weighted by Gasteiger charge is -2.16. The van der Waals surface area contributed by atoms with E-state index in [2.05, 4.69) is 15.9 Å². The van der Waals surface area contributed by atoms with Crippen LogP contribution in [0.1, 0.15) is 42.6 Å². The van der Waals surface area contributed by atoms with Crippen LogP contribution in [-0.2, 0) is 0 Å². The predicted octanol–water partition coefficient (Wildman–Crippen LogP) is 3.35. The highest BCUT2D eigenvalue weighted by molar-refractivity contribution is 9.09. The van der Waals surface area contributed by atoms with Crippen molar-refractivity contribution >= 4 is 21.7 Å². The Morgan fingerprint density at radius 1 is 1.15 bits per heavy atom. The molecule has 0 saturated heterocycles. The maximum atomic E-state index is 11.5. The summed E-state index contributed by atoms with van der Waals surface area (Å²) in [6.07, 6.45) is 1.54. The zero-order chi connectivity index (χ0) is 15.6. The molecule has 114 valence electrons. The van der Waals surface area contributed by atoms with E-state index >= 15 is 0 Å². The molecule has 1 aromatic rings. The van der Waals surface area contributed by atoms with Crippen LogP contribution in [0.5, 0.6) is 0 Å². The largest absolute Gasteiger partial charge is 0.396 e. The number of hydrogen-bond acceptors (Lipinski definition) is 3. The molecule has 0 atom stereocenters. The molecule has 4 heteroatoms. The van der Waals surface area contributed by atoms with Gasteiger partial charge in [0, 0.05) is 22.7 Å². The third kappa shape index (κ3) is 8.46. The van der Waals surface area contributed by atoms with E-state index < -0.39 is 0 Å². The molecule has 0 aromatic heterocycles. The Bertz CT molecular complexity index is 379. The van der Waals surface area contributed by atoms with E-state index in [1.54, 1.807) is 13.8 Å². The molecule has 3 nitrogen and oxygen atoms in total. The molecule has 20 heavy (non-hydrogen) atoms. The maximum absolute atomic E-state index is 11.5. The summed E-state index contributed by atoms with van der Waals surface area (Å²) >= 11 is 3.31. The van der Waals surface area contributed by atoms with Crippen LogP contribution in [0.15, 0.2) is 24.3 Å². The summed E-state index contributed by atoms with van der Waals surface area (Å²) in [4.78, 5) is 11.5. The van der Waals surface area contributed by atoms with Gasteiger partial charge in [-0.25, -0.2) is 0 Å². The zero-order valence-corrected chi connectivity index (χ0v) is 14.1. The van der Waals surface area contributed by atoms with Crippen molar-refractivity contribution in [3.8, 4) is 0 Å². The second-order valence-corrected chi connectivity index (χ2v) is 6.36. The molecule has 0 bridgehead atoms. The molecule has 0 radical (unpaired) electrons. The summed E-state index contributed by atoms with van der Waals surface area (Å²) in [7, 11) is 0. The van der Waals surface area contributed by atoms with Gasteiger partial charge < -0.3 is 10.2 Å². The van der Waals surface area contributed by atoms with Gasteiger partial charge in [-0.2, -0.15) is 0 Å². The number of aliphatic hydroxyl groups excluding tert-OH is 2. The minimum absolute atomic E-state index is 0.0451. The van der Waals surface area contributed by atoms with Gasteiger partial charge in [-0.05, 0) is 13.3 Å². The van der Waals surface area contributed by atoms with E-state index in [1.807, 2.05) is 31.2 Å². The van der Waals surface area contributed by atoms with Crippen molar-refractivity contribution in [2.75, 3.05) is 18.5 Å². The molecular weight excluding hydrogens is 320 g/mol. The van der Waals surface area contributed by atoms with Gasteiger partial charge in [-0.15, -0.1) is 0 Å². The quantitative estimate of drug-likeness (QED) is 0.614. The Labute approximate surface area is 130 Å². The van der Waals surface area contributed by atoms with Gasteiger partial charge in [-0.1, -0.05) is 59.6 Å². The third-order valence-corrected chi connectivity index (χ3v) is 3.33. The second-order valence-electron chi connectivity index (χ2n) is 5.56. The maximum Gasteiger partial charge on any atom is 0.162 e. The number of ketones is 1. The first-order valence-electron chi connectivity index (χ1n) is 6.74. The molecule has 0 heterocycles. The standard InChI is InChI=1S/C11H13BrO.C5H12O2/c1-9-4-6-10(7-5-9)11(13)3-2-8-12;1-5(2,3-6)4-7/h4-7H,2-3,8H2,1H3;6-7H,3-4H2,1-2H3. The Morgan fingerprint density at radius 3 is 2.00 bits per heavy atom. The number of aliphatic hydroxyl groups is 2. The molecule has 0 aliphatic rings. The highest BCUT2D eigenvalue weighted by Crippen LogP contribution is 2.10. The Balaban J connectivity index is 0.000000441. The average molecular weight is 345 g/mol. The highest BCUT2D eigenvalue weighted by atomic mass is 79.9. The molecule has 0 aliphatic heterocycles. The normalized spacial score (nSPS) is 10.7. The lowest BCUT2D eigenvalue weighted by atomic mass is 9.97. The lowest BCUT2D eigenvalue weighted by Crippen LogP contribution is -2.20. The number of carbonyl (C=O) groups is 1. The molecule has 0 fully saturated rings. The second kappa shape index (κ2) is 10.1. The molecule has 0 amide bonds. The number of benzene rings is 1. The molecule has 0 spiro atoms. The summed E-state index contributed by atoms with van der Waals surface area (Å²) in [6.45, 7) is 5.71. The first kappa shape index (κ1) is 19.3. The number of hydrogen-bond donors (Lipinski definition) is 2. The summed E-state index contributed by atoms with van der Waals surface area (Å²) in [5.74, 6) is 0.236. The van der Waals surface area contributed by atoms with Crippen LogP contribution in [0.25, 0.3) is 0 Å². The van der Waals surface area contributed by atoms with Crippen LogP contribution < -0.4 is 0 Å². The third-order valence-electron chi connectivity index (χ3n) is 2.77. The number of rotatable bonds is 6. The van der Waals surface area contributed by atoms with Crippen LogP contribution in [0, 0.1) is 12.3 Å². The predicted molar refractivity (Wildman–Crippen MR) is 86.5 cm³/mol. The fourth-order valence-corrected chi connectivity index (χ4v) is 1.44. The van der Waals surface area contributed by atoms with Gasteiger partial charge in [0.15, 0.2) is 5.78 Å². The van der Waals surface area contributed by atoms with E-state index in [1.165, 1.54) is 5.56 Å². The molecule has 0 unspecified atom stereocenters. The van der Waals surface area contributed by atoms with Crippen molar-refractivity contribution in [1.82, 2.24) is 0 Å². The van der Waals surface area contributed by atoms with Gasteiger partial charge >= 0.3 is 0 Å². The topological polar surface area (TPSA) is 57.5 Å². The first-order chi connectivity index (χ1) is 9.36. The number of alkyl halides is 1. The van der Waals surface area contributed by atoms with Crippen molar-refractivity contribution in [1.29, 1.82) is 0 Å². The lowest BCUT2D eigenvalue weighted by molar-refractivity contribution is 0.0857. The van der Waals surface area contributed by atoms with Crippen molar-refractivity contribution in [2.24, 2.45) is 5.41 Å². The van der Waals surface area contributed by atoms with Gasteiger partial charge in [-0.3, -0.25) is 4.79 Å². The average Bonchev–Trinajstić information content (AvgIpc) is 2.46. The SMILES string of the molecule is CC(C)(CO)CO.Cc1ccc(C(=O)CCCBr)cc1. The Morgan fingerprint density at radius 2 is 1.65 bits per heavy atom. The summed E-state index contributed by atoms with van der Waals surface area (Å²) in [5, 5.41) is 17.8. The van der Waals surface area contributed by atoms with E-state index in [9.17, 15) is 4.79 Å². The molecule has 1 aromatic carbocycles. The van der Waals surface area contributed by atoms with Crippen molar-refractivity contribution in [3.63, 3.8) is 0 Å². The van der Waals surface area contributed by atoms with Crippen LogP contribution in [-0.4, -0.2) is 34.5 Å². The number of aryl methyl sites for hydroxylation is 1. The Hall–Kier alpha value is -0.710. The highest BCUT2D eigenvalue weighted by Gasteiger charge is 2.13. The summed E-state index contributed by atoms with van der Waals surface area (Å²) in [5.41, 5.74) is 1.71. The number of carbonyl (C=O) groups excluding carboxylic acids is 1. The van der Waals surface area contributed by atoms with Crippen LogP contribution in [0.3, 0.4) is 0 Å². The molecule has 0 aliphatic carbocycles. The van der Waals surface area contributed by atoms with Gasteiger partial charge in [0.25, 0.3) is 0 Å². The van der Waals surface area contributed by atoms with Crippen molar-refractivity contribution in [3.05, 3.63) is 35.4 Å². The summed E-state index contributed by atoms with van der Waals surface area (Å²) < 4.78 is 0. The van der Waals surface area contributed by atoms with Crippen LogP contribution in [0.2, 0.25) is 0 Å². The summed E-state index contributed by atoms with van der Waals surface area (Å²) in [6, 6.07) is 7.74. The fraction of sp³-hybridized carbons (Fsp3) is 0.562. The van der Waals surface area contributed by atoms with Crippen LogP contribution in [0.4, 0.5) is 0 Å². The molecule has 1 rings (SSSR count). The van der Waals surface area contributed by atoms with Crippen molar-refractivity contribution < 1.29 is 15.0 Å². The van der Waals surface area contributed by atoms with Gasteiger partial charge in [0.2, 0.25) is 0 Å². The number of Topliss-reactive ketones (excluding diaryl/α,β-unsaturated/α-hetero) is 1. The minimum atomic E-state index is -0.306. The Kier molecular flexibility index (Phi) is 9.72. The monoisotopic (exact) mass is 344 g/mol. The molecule has 0 saturated carbocycles. The zero-order valence-electron chi connectivity index (χ0n) is 12.5. The first-order valence-corrected chi connectivity index (χ1v) is 7.86. The molecule has 2 N–H and O–H groups in total. The fourth-order valence-electron chi connectivity index (χ4n) is 1.16. The van der Waals surface area contributed by atoms with E-state index in [0.717, 1.165) is 17.3 Å². The van der Waals surface area contributed by atoms with E-state index in [4.69, 9.17) is 10.2 Å². The molecular formula is C16H25BrO3. The van der Waals surface area contributed by atoms with E-state index in [-0.39, 0.29) is 24.4 Å². The van der Waals surface area contributed by atoms with Crippen molar-refractivity contribution in [2.45, 2.75) is 33.6 Å². The van der Waals surface area contributed by atoms with E-state index in [0.29, 0.717) is 6.42 Å².